The van der Waals surface area contributed by atoms with Crippen molar-refractivity contribution in [3.05, 3.63) is 0 Å². The van der Waals surface area contributed by atoms with Gasteiger partial charge in [0.2, 0.25) is 0 Å². The highest BCUT2D eigenvalue weighted by Gasteiger charge is 2.90. The molecule has 0 saturated heterocycles. The number of hydrogen-bond donors (Lipinski definition) is 0. The molecule has 0 aromatic carbocycles. The summed E-state index contributed by atoms with van der Waals surface area (Å²) in [4.78, 5) is 10.4. The van der Waals surface area contributed by atoms with Crippen molar-refractivity contribution in [1.82, 2.24) is 0 Å². The molecule has 0 N–H and O–H groups in total. The molecular formula is C14H15F13O2S. The maximum Gasteiger partial charge on any atom is 0.460 e. The van der Waals surface area contributed by atoms with Crippen LogP contribution < -0.4 is 0 Å². The highest BCUT2D eigenvalue weighted by atomic mass is 32.2. The van der Waals surface area contributed by atoms with Crippen LogP contribution in [0.1, 0.15) is 26.2 Å². The molecule has 30 heavy (non-hydrogen) atoms. The molecule has 0 bridgehead atoms. The Hall–Kier alpha value is -1.09. The zero-order valence-electron chi connectivity index (χ0n) is 14.9. The molecule has 16 heteroatoms. The lowest BCUT2D eigenvalue weighted by atomic mass is 9.92. The smallest absolute Gasteiger partial charge is 0.460 e. The Balaban J connectivity index is 5.14. The summed E-state index contributed by atoms with van der Waals surface area (Å²) in [5.41, 5.74) is 0. The van der Waals surface area contributed by atoms with Crippen LogP contribution >= 0.6 is 11.8 Å². The van der Waals surface area contributed by atoms with Crippen LogP contribution in [-0.2, 0) is 9.53 Å². The van der Waals surface area contributed by atoms with Crippen LogP contribution in [0, 0.1) is 0 Å². The molecule has 0 spiro atoms. The van der Waals surface area contributed by atoms with Crippen molar-refractivity contribution in [1.29, 1.82) is 0 Å². The normalized spacial score (nSPS) is 14.7. The van der Waals surface area contributed by atoms with E-state index in [0.29, 0.717) is 0 Å². The van der Waals surface area contributed by atoms with Crippen LogP contribution in [-0.4, -0.2) is 59.9 Å². The minimum Gasteiger partial charge on any atom is -0.465 e. The number of rotatable bonds is 12. The first-order chi connectivity index (χ1) is 13.2. The van der Waals surface area contributed by atoms with Crippen molar-refractivity contribution in [3.8, 4) is 0 Å². The van der Waals surface area contributed by atoms with Gasteiger partial charge in [0.25, 0.3) is 0 Å². The van der Waals surface area contributed by atoms with Gasteiger partial charge in [-0.25, -0.2) is 0 Å². The Bertz CT molecular complexity index is 575. The summed E-state index contributed by atoms with van der Waals surface area (Å²) in [5.74, 6) is -37.1. The van der Waals surface area contributed by atoms with Crippen LogP contribution in [0.15, 0.2) is 0 Å². The summed E-state index contributed by atoms with van der Waals surface area (Å²) in [7, 11) is 0. The van der Waals surface area contributed by atoms with Gasteiger partial charge in [-0.05, 0) is 18.6 Å². The molecule has 0 unspecified atom stereocenters. The fourth-order valence-electron chi connectivity index (χ4n) is 1.86. The van der Waals surface area contributed by atoms with Gasteiger partial charge >= 0.3 is 41.8 Å². The van der Waals surface area contributed by atoms with Crippen molar-refractivity contribution in [2.75, 3.05) is 18.1 Å². The predicted molar refractivity (Wildman–Crippen MR) is 78.6 cm³/mol. The number of ether oxygens (including phenoxy) is 1. The Kier molecular flexibility index (Phi) is 9.24. The molecule has 180 valence electrons. The minimum atomic E-state index is -7.86. The second-order valence-electron chi connectivity index (χ2n) is 5.91. The first-order valence-electron chi connectivity index (χ1n) is 7.83. The van der Waals surface area contributed by atoms with E-state index in [9.17, 15) is 61.9 Å². The van der Waals surface area contributed by atoms with E-state index in [1.165, 1.54) is 0 Å². The molecule has 2 nitrogen and oxygen atoms in total. The van der Waals surface area contributed by atoms with Gasteiger partial charge in [0, 0.05) is 19.1 Å². The number of esters is 1. The van der Waals surface area contributed by atoms with Gasteiger partial charge < -0.3 is 4.74 Å². The number of alkyl halides is 13. The lowest BCUT2D eigenvalue weighted by Gasteiger charge is -2.39. The molecule has 0 aromatic heterocycles. The average Bonchev–Trinajstić information content (AvgIpc) is 2.55. The number of carbonyl (C=O) groups excluding carboxylic acids is 1. The van der Waals surface area contributed by atoms with E-state index in [0.717, 1.165) is 18.7 Å². The first-order valence-corrected chi connectivity index (χ1v) is 8.99. The molecule has 0 radical (unpaired) electrons. The molecule has 0 rings (SSSR count). The summed E-state index contributed by atoms with van der Waals surface area (Å²) < 4.78 is 172. The molecule has 0 aliphatic heterocycles. The van der Waals surface area contributed by atoms with E-state index >= 15 is 0 Å². The average molecular weight is 494 g/mol. The third kappa shape index (κ3) is 5.78. The van der Waals surface area contributed by atoms with Gasteiger partial charge in [0.1, 0.15) is 6.61 Å². The monoisotopic (exact) mass is 494 g/mol. The topological polar surface area (TPSA) is 26.3 Å². The fraction of sp³-hybridized carbons (Fsp3) is 0.929. The molecule has 0 saturated carbocycles. The fourth-order valence-corrected chi connectivity index (χ4v) is 2.67. The SMILES string of the molecule is CC(=O)OCCSCCCCC(F)(F)C(F)(F)C(F)(F)C(F)(F)C(F)(F)C(F)(F)F. The molecule has 0 atom stereocenters. The number of carbonyl (C=O) groups is 1. The van der Waals surface area contributed by atoms with Gasteiger partial charge in [-0.3, -0.25) is 4.79 Å². The quantitative estimate of drug-likeness (QED) is 0.184. The van der Waals surface area contributed by atoms with E-state index in [-0.39, 0.29) is 24.5 Å². The number of halogens is 13. The van der Waals surface area contributed by atoms with E-state index in [2.05, 4.69) is 4.74 Å². The second-order valence-corrected chi connectivity index (χ2v) is 7.13. The van der Waals surface area contributed by atoms with Gasteiger partial charge in [-0.2, -0.15) is 68.8 Å². The van der Waals surface area contributed by atoms with Crippen LogP contribution in [0.3, 0.4) is 0 Å². The maximum absolute atomic E-state index is 13.5. The van der Waals surface area contributed by atoms with E-state index in [4.69, 9.17) is 0 Å². The van der Waals surface area contributed by atoms with E-state index < -0.39 is 54.6 Å². The summed E-state index contributed by atoms with van der Waals surface area (Å²) in [6.45, 7) is 1.01. The lowest BCUT2D eigenvalue weighted by Crippen LogP contribution is -2.70. The highest BCUT2D eigenvalue weighted by Crippen LogP contribution is 2.60. The van der Waals surface area contributed by atoms with Crippen molar-refractivity contribution >= 4 is 17.7 Å². The van der Waals surface area contributed by atoms with Gasteiger partial charge in [0.15, 0.2) is 0 Å². The molecule has 0 aliphatic carbocycles. The Morgan fingerprint density at radius 1 is 0.700 bits per heavy atom. The van der Waals surface area contributed by atoms with Crippen molar-refractivity contribution in [3.63, 3.8) is 0 Å². The number of thioether (sulfide) groups is 1. The van der Waals surface area contributed by atoms with Gasteiger partial charge in [-0.15, -0.1) is 0 Å². The van der Waals surface area contributed by atoms with Gasteiger partial charge in [-0.1, -0.05) is 0 Å². The van der Waals surface area contributed by atoms with E-state index in [1.807, 2.05) is 0 Å². The highest BCUT2D eigenvalue weighted by molar-refractivity contribution is 7.99. The third-order valence-electron chi connectivity index (χ3n) is 3.56. The van der Waals surface area contributed by atoms with Crippen LogP contribution in [0.25, 0.3) is 0 Å². The van der Waals surface area contributed by atoms with E-state index in [1.54, 1.807) is 0 Å². The lowest BCUT2D eigenvalue weighted by molar-refractivity contribution is -0.440. The summed E-state index contributed by atoms with van der Waals surface area (Å²) in [6.07, 6.45) is -10.9. The molecule has 0 aromatic rings. The van der Waals surface area contributed by atoms with Crippen molar-refractivity contribution in [2.24, 2.45) is 0 Å². The molecular weight excluding hydrogens is 479 g/mol. The van der Waals surface area contributed by atoms with Crippen molar-refractivity contribution in [2.45, 2.75) is 62.0 Å². The first kappa shape index (κ1) is 28.9. The second kappa shape index (κ2) is 9.59. The molecule has 0 fully saturated rings. The largest absolute Gasteiger partial charge is 0.465 e. The Morgan fingerprint density at radius 2 is 1.17 bits per heavy atom. The van der Waals surface area contributed by atoms with Gasteiger partial charge in [0.05, 0.1) is 0 Å². The summed E-state index contributed by atoms with van der Waals surface area (Å²) in [5, 5.41) is 0. The number of hydrogen-bond acceptors (Lipinski definition) is 3. The summed E-state index contributed by atoms with van der Waals surface area (Å²) in [6, 6.07) is 0. The van der Waals surface area contributed by atoms with Crippen LogP contribution in [0.4, 0.5) is 57.1 Å². The predicted octanol–water partition coefficient (Wildman–Crippen LogP) is 6.19. The molecule has 0 amide bonds. The maximum atomic E-state index is 13.5. The summed E-state index contributed by atoms with van der Waals surface area (Å²) >= 11 is 0.967. The van der Waals surface area contributed by atoms with Crippen LogP contribution in [0.5, 0.6) is 0 Å². The van der Waals surface area contributed by atoms with Crippen LogP contribution in [0.2, 0.25) is 0 Å². The third-order valence-corrected chi connectivity index (χ3v) is 4.59. The standard InChI is InChI=1S/C14H15F13O2S/c1-8(28)29-5-7-30-6-3-2-4-9(15,16)10(17,18)11(19,20)12(21,22)13(23,24)14(25,26)27/h2-7H2,1H3. The number of unbranched alkanes of at least 4 members (excludes halogenated alkanes) is 1. The minimum absolute atomic E-state index is 0.0401. The van der Waals surface area contributed by atoms with Crippen molar-refractivity contribution < 1.29 is 66.6 Å². The Labute approximate surface area is 165 Å². The molecule has 0 heterocycles. The Morgan fingerprint density at radius 3 is 1.60 bits per heavy atom. The molecule has 0 aliphatic rings. The zero-order valence-corrected chi connectivity index (χ0v) is 15.7. The zero-order chi connectivity index (χ0) is 24.2.